The van der Waals surface area contributed by atoms with Crippen molar-refractivity contribution in [1.29, 1.82) is 0 Å². The SMILES string of the molecule is CCN1CCN(CC(c2cccs2)N2CCNCC2C)CC1. The van der Waals surface area contributed by atoms with E-state index in [9.17, 15) is 0 Å². The maximum atomic E-state index is 3.52. The summed E-state index contributed by atoms with van der Waals surface area (Å²) in [7, 11) is 0. The van der Waals surface area contributed by atoms with Gasteiger partial charge in [-0.05, 0) is 24.9 Å². The molecule has 4 nitrogen and oxygen atoms in total. The van der Waals surface area contributed by atoms with Crippen molar-refractivity contribution in [3.8, 4) is 0 Å². The Bertz CT molecular complexity index is 428. The van der Waals surface area contributed by atoms with E-state index in [0.29, 0.717) is 12.1 Å². The van der Waals surface area contributed by atoms with Crippen molar-refractivity contribution >= 4 is 11.3 Å². The van der Waals surface area contributed by atoms with Crippen LogP contribution in [0.1, 0.15) is 24.8 Å². The van der Waals surface area contributed by atoms with E-state index in [4.69, 9.17) is 0 Å². The lowest BCUT2D eigenvalue weighted by atomic mass is 10.1. The number of piperazine rings is 2. The van der Waals surface area contributed by atoms with Gasteiger partial charge in [-0.1, -0.05) is 13.0 Å². The van der Waals surface area contributed by atoms with Crippen LogP contribution in [0.5, 0.6) is 0 Å². The maximum absolute atomic E-state index is 3.52. The molecule has 0 amide bonds. The molecular weight excluding hydrogens is 292 g/mol. The van der Waals surface area contributed by atoms with Crippen molar-refractivity contribution in [2.24, 2.45) is 0 Å². The second-order valence-corrected chi connectivity index (χ2v) is 7.54. The van der Waals surface area contributed by atoms with Crippen molar-refractivity contribution < 1.29 is 0 Å². The molecule has 1 N–H and O–H groups in total. The first-order valence-electron chi connectivity index (χ1n) is 8.72. The van der Waals surface area contributed by atoms with Gasteiger partial charge in [-0.15, -0.1) is 11.3 Å². The molecule has 22 heavy (non-hydrogen) atoms. The van der Waals surface area contributed by atoms with E-state index in [1.807, 2.05) is 11.3 Å². The molecule has 3 rings (SSSR count). The Hall–Kier alpha value is -0.460. The van der Waals surface area contributed by atoms with Gasteiger partial charge in [0.1, 0.15) is 0 Å². The Morgan fingerprint density at radius 3 is 2.64 bits per heavy atom. The van der Waals surface area contributed by atoms with Crippen molar-refractivity contribution in [2.75, 3.05) is 58.9 Å². The van der Waals surface area contributed by atoms with E-state index in [2.05, 4.69) is 51.4 Å². The first-order chi connectivity index (χ1) is 10.8. The Labute approximate surface area is 139 Å². The van der Waals surface area contributed by atoms with Gasteiger partial charge in [0.05, 0.1) is 6.04 Å². The maximum Gasteiger partial charge on any atom is 0.0572 e. The van der Waals surface area contributed by atoms with Gasteiger partial charge in [-0.3, -0.25) is 9.80 Å². The number of thiophene rings is 1. The Balaban J connectivity index is 1.67. The van der Waals surface area contributed by atoms with E-state index in [1.165, 1.54) is 50.7 Å². The largest absolute Gasteiger partial charge is 0.314 e. The van der Waals surface area contributed by atoms with Gasteiger partial charge in [0.2, 0.25) is 0 Å². The number of rotatable bonds is 5. The normalized spacial score (nSPS) is 27.1. The molecule has 0 aromatic carbocycles. The highest BCUT2D eigenvalue weighted by molar-refractivity contribution is 7.10. The summed E-state index contributed by atoms with van der Waals surface area (Å²) in [6.45, 7) is 15.3. The molecule has 2 saturated heterocycles. The molecule has 0 bridgehead atoms. The predicted octanol–water partition coefficient (Wildman–Crippen LogP) is 1.72. The van der Waals surface area contributed by atoms with Crippen LogP contribution in [0.4, 0.5) is 0 Å². The molecule has 2 aliphatic rings. The molecule has 3 heterocycles. The van der Waals surface area contributed by atoms with E-state index >= 15 is 0 Å². The summed E-state index contributed by atoms with van der Waals surface area (Å²) < 4.78 is 0. The van der Waals surface area contributed by atoms with E-state index in [0.717, 1.165) is 13.1 Å². The van der Waals surface area contributed by atoms with E-state index in [-0.39, 0.29) is 0 Å². The third kappa shape index (κ3) is 3.89. The quantitative estimate of drug-likeness (QED) is 0.891. The second-order valence-electron chi connectivity index (χ2n) is 6.56. The standard InChI is InChI=1S/C17H30N4S/c1-3-19-8-10-20(11-9-19)14-16(17-5-4-12-22-17)21-7-6-18-13-15(21)2/h4-5,12,15-16,18H,3,6-11,13-14H2,1-2H3. The minimum atomic E-state index is 0.560. The average molecular weight is 323 g/mol. The number of hydrogen-bond donors (Lipinski definition) is 1. The van der Waals surface area contributed by atoms with Gasteiger partial charge in [-0.2, -0.15) is 0 Å². The van der Waals surface area contributed by atoms with Gasteiger partial charge in [0.15, 0.2) is 0 Å². The molecule has 124 valence electrons. The zero-order valence-electron chi connectivity index (χ0n) is 14.0. The smallest absolute Gasteiger partial charge is 0.0572 e. The lowest BCUT2D eigenvalue weighted by Gasteiger charge is -2.43. The van der Waals surface area contributed by atoms with Crippen LogP contribution >= 0.6 is 11.3 Å². The molecule has 0 spiro atoms. The Morgan fingerprint density at radius 1 is 1.23 bits per heavy atom. The lowest BCUT2D eigenvalue weighted by Crippen LogP contribution is -2.54. The number of hydrogen-bond acceptors (Lipinski definition) is 5. The topological polar surface area (TPSA) is 21.8 Å². The third-order valence-corrected chi connectivity index (χ3v) is 6.14. The van der Waals surface area contributed by atoms with Crippen LogP contribution < -0.4 is 5.32 Å². The molecule has 1 aromatic heterocycles. The summed E-state index contributed by atoms with van der Waals surface area (Å²) in [5.41, 5.74) is 0. The van der Waals surface area contributed by atoms with Crippen LogP contribution in [0.2, 0.25) is 0 Å². The van der Waals surface area contributed by atoms with Gasteiger partial charge in [0.25, 0.3) is 0 Å². The van der Waals surface area contributed by atoms with Crippen LogP contribution in [-0.4, -0.2) is 79.6 Å². The van der Waals surface area contributed by atoms with Crippen molar-refractivity contribution in [2.45, 2.75) is 25.9 Å². The fraction of sp³-hybridized carbons (Fsp3) is 0.765. The molecule has 2 aliphatic heterocycles. The molecule has 0 aliphatic carbocycles. The van der Waals surface area contributed by atoms with Gasteiger partial charge in [0, 0.05) is 63.3 Å². The molecule has 0 saturated carbocycles. The van der Waals surface area contributed by atoms with Crippen LogP contribution in [-0.2, 0) is 0 Å². The number of likely N-dealkylation sites (N-methyl/N-ethyl adjacent to an activating group) is 1. The van der Waals surface area contributed by atoms with Crippen LogP contribution in [0.25, 0.3) is 0 Å². The highest BCUT2D eigenvalue weighted by atomic mass is 32.1. The van der Waals surface area contributed by atoms with Crippen LogP contribution in [0, 0.1) is 0 Å². The summed E-state index contributed by atoms with van der Waals surface area (Å²) in [6.07, 6.45) is 0. The zero-order chi connectivity index (χ0) is 15.4. The minimum absolute atomic E-state index is 0.560. The van der Waals surface area contributed by atoms with Crippen LogP contribution in [0.15, 0.2) is 17.5 Å². The molecule has 5 heteroatoms. The van der Waals surface area contributed by atoms with Crippen molar-refractivity contribution in [3.05, 3.63) is 22.4 Å². The first kappa shape index (κ1) is 16.4. The van der Waals surface area contributed by atoms with Gasteiger partial charge < -0.3 is 10.2 Å². The van der Waals surface area contributed by atoms with E-state index in [1.54, 1.807) is 0 Å². The first-order valence-corrected chi connectivity index (χ1v) is 9.60. The predicted molar refractivity (Wildman–Crippen MR) is 94.7 cm³/mol. The third-order valence-electron chi connectivity index (χ3n) is 5.17. The molecule has 2 unspecified atom stereocenters. The fourth-order valence-electron chi connectivity index (χ4n) is 3.69. The molecule has 2 atom stereocenters. The summed E-state index contributed by atoms with van der Waals surface area (Å²) in [5.74, 6) is 0. The number of nitrogens with zero attached hydrogens (tertiary/aromatic N) is 3. The van der Waals surface area contributed by atoms with Gasteiger partial charge in [-0.25, -0.2) is 0 Å². The van der Waals surface area contributed by atoms with Crippen LogP contribution in [0.3, 0.4) is 0 Å². The van der Waals surface area contributed by atoms with Crippen molar-refractivity contribution in [1.82, 2.24) is 20.0 Å². The summed E-state index contributed by atoms with van der Waals surface area (Å²) >= 11 is 1.92. The highest BCUT2D eigenvalue weighted by Crippen LogP contribution is 2.28. The Kier molecular flexibility index (Phi) is 5.88. The highest BCUT2D eigenvalue weighted by Gasteiger charge is 2.30. The second kappa shape index (κ2) is 7.88. The number of nitrogens with one attached hydrogen (secondary N) is 1. The minimum Gasteiger partial charge on any atom is -0.314 e. The average Bonchev–Trinajstić information content (AvgIpc) is 3.08. The van der Waals surface area contributed by atoms with Crippen molar-refractivity contribution in [3.63, 3.8) is 0 Å². The fourth-order valence-corrected chi connectivity index (χ4v) is 4.53. The summed E-state index contributed by atoms with van der Waals surface area (Å²) in [4.78, 5) is 9.48. The Morgan fingerprint density at radius 2 is 2.00 bits per heavy atom. The molecule has 1 aromatic rings. The summed E-state index contributed by atoms with van der Waals surface area (Å²) in [5, 5.41) is 5.75. The van der Waals surface area contributed by atoms with E-state index < -0.39 is 0 Å². The summed E-state index contributed by atoms with van der Waals surface area (Å²) in [6, 6.07) is 5.71. The zero-order valence-corrected chi connectivity index (χ0v) is 14.8. The molecular formula is C17H30N4S. The van der Waals surface area contributed by atoms with Gasteiger partial charge >= 0.3 is 0 Å². The molecule has 2 fully saturated rings. The monoisotopic (exact) mass is 322 g/mol. The molecule has 0 radical (unpaired) electrons. The lowest BCUT2D eigenvalue weighted by molar-refractivity contribution is 0.0638.